The van der Waals surface area contributed by atoms with Gasteiger partial charge in [0.15, 0.2) is 5.76 Å². The molecular weight excluding hydrogens is 388 g/mol. The zero-order valence-electron chi connectivity index (χ0n) is 14.6. The number of carbonyl (C=O) groups excluding carboxylic acids is 2. The lowest BCUT2D eigenvalue weighted by Crippen LogP contribution is -2.41. The van der Waals surface area contributed by atoms with Gasteiger partial charge in [0.1, 0.15) is 0 Å². The Morgan fingerprint density at radius 1 is 1.30 bits per heavy atom. The first-order valence-electron chi connectivity index (χ1n) is 8.22. The van der Waals surface area contributed by atoms with Gasteiger partial charge in [-0.2, -0.15) is 0 Å². The van der Waals surface area contributed by atoms with Gasteiger partial charge in [-0.25, -0.2) is 0 Å². The molecule has 0 unspecified atom stereocenters. The van der Waals surface area contributed by atoms with E-state index in [2.05, 4.69) is 15.5 Å². The molecule has 3 heterocycles. The molecule has 0 aliphatic rings. The maximum atomic E-state index is 12.4. The number of carbonyl (C=O) groups is 2. The van der Waals surface area contributed by atoms with Crippen molar-refractivity contribution >= 4 is 34.9 Å². The van der Waals surface area contributed by atoms with Crippen molar-refractivity contribution in [3.05, 3.63) is 40.8 Å². The van der Waals surface area contributed by atoms with Crippen LogP contribution in [0.15, 0.2) is 50.0 Å². The van der Waals surface area contributed by atoms with Crippen molar-refractivity contribution in [2.24, 2.45) is 0 Å². The smallest absolute Gasteiger partial charge is 0.284 e. The Labute approximate surface area is 163 Å². The molecule has 0 fully saturated rings. The summed E-state index contributed by atoms with van der Waals surface area (Å²) < 4.78 is 10.6. The summed E-state index contributed by atoms with van der Waals surface area (Å²) in [5.41, 5.74) is 0. The molecule has 0 saturated carbocycles. The first-order valence-corrected chi connectivity index (χ1v) is 10.1. The number of likely N-dealkylation sites (N-methyl/N-ethyl adjacent to an activating group) is 1. The third kappa shape index (κ3) is 5.44. The maximum absolute atomic E-state index is 12.4. The highest BCUT2D eigenvalue weighted by atomic mass is 32.2. The van der Waals surface area contributed by atoms with Crippen LogP contribution in [0, 0.1) is 0 Å². The molecular formula is C17H18N4O4S2. The Kier molecular flexibility index (Phi) is 6.66. The van der Waals surface area contributed by atoms with Crippen LogP contribution >= 0.6 is 23.1 Å². The molecule has 0 saturated heterocycles. The summed E-state index contributed by atoms with van der Waals surface area (Å²) in [6.45, 7) is 2.75. The number of nitrogens with one attached hydrogen (secondary N) is 1. The Balaban J connectivity index is 1.46. The molecule has 142 valence electrons. The molecule has 10 heteroatoms. The highest BCUT2D eigenvalue weighted by Crippen LogP contribution is 2.23. The topological polar surface area (TPSA) is 101 Å². The largest absolute Gasteiger partial charge is 0.459 e. The number of nitrogens with zero attached hydrogens (tertiary/aromatic N) is 3. The Morgan fingerprint density at radius 3 is 2.89 bits per heavy atom. The van der Waals surface area contributed by atoms with E-state index in [9.17, 15) is 9.59 Å². The van der Waals surface area contributed by atoms with Crippen molar-refractivity contribution in [3.8, 4) is 11.7 Å². The average Bonchev–Trinajstić information content (AvgIpc) is 3.43. The molecule has 1 N–H and O–H groups in total. The number of rotatable bonds is 9. The van der Waals surface area contributed by atoms with Crippen LogP contribution < -0.4 is 5.32 Å². The lowest BCUT2D eigenvalue weighted by molar-refractivity contribution is -0.133. The zero-order valence-corrected chi connectivity index (χ0v) is 16.2. The summed E-state index contributed by atoms with van der Waals surface area (Å²) in [6, 6.07) is 7.31. The Morgan fingerprint density at radius 2 is 2.19 bits per heavy atom. The standard InChI is InChI=1S/C17H18N4O4S2/c1-2-21(10-14(22)18-9-12-5-4-8-26-12)15(23)11-27-17-20-19-16(25-17)13-6-3-7-24-13/h3-8H,2,9-11H2,1H3,(H,18,22). The van der Waals surface area contributed by atoms with Gasteiger partial charge < -0.3 is 19.1 Å². The Bertz CT molecular complexity index is 862. The Hall–Kier alpha value is -2.59. The molecule has 2 amide bonds. The molecule has 0 radical (unpaired) electrons. The second kappa shape index (κ2) is 9.38. The van der Waals surface area contributed by atoms with E-state index < -0.39 is 0 Å². The monoisotopic (exact) mass is 406 g/mol. The molecule has 0 aliphatic carbocycles. The predicted molar refractivity (Wildman–Crippen MR) is 101 cm³/mol. The van der Waals surface area contributed by atoms with Crippen LogP contribution in [0.5, 0.6) is 0 Å². The van der Waals surface area contributed by atoms with Crippen molar-refractivity contribution in [2.75, 3.05) is 18.8 Å². The third-order valence-electron chi connectivity index (χ3n) is 3.57. The number of hydrogen-bond acceptors (Lipinski definition) is 8. The molecule has 8 nitrogen and oxygen atoms in total. The maximum Gasteiger partial charge on any atom is 0.284 e. The minimum Gasteiger partial charge on any atom is -0.459 e. The van der Waals surface area contributed by atoms with Gasteiger partial charge in [-0.15, -0.1) is 21.5 Å². The van der Waals surface area contributed by atoms with Crippen LogP contribution in [-0.4, -0.2) is 45.8 Å². The SMILES string of the molecule is CCN(CC(=O)NCc1cccs1)C(=O)CSc1nnc(-c2ccco2)o1. The van der Waals surface area contributed by atoms with Crippen LogP contribution in [0.4, 0.5) is 0 Å². The molecule has 0 bridgehead atoms. The van der Waals surface area contributed by atoms with Gasteiger partial charge in [0.05, 0.1) is 25.1 Å². The van der Waals surface area contributed by atoms with Gasteiger partial charge >= 0.3 is 0 Å². The molecule has 0 aliphatic heterocycles. The van der Waals surface area contributed by atoms with E-state index in [1.165, 1.54) is 11.2 Å². The summed E-state index contributed by atoms with van der Waals surface area (Å²) in [7, 11) is 0. The van der Waals surface area contributed by atoms with Gasteiger partial charge in [-0.1, -0.05) is 17.8 Å². The van der Waals surface area contributed by atoms with Crippen molar-refractivity contribution in [1.82, 2.24) is 20.4 Å². The first kappa shape index (κ1) is 19.2. The molecule has 27 heavy (non-hydrogen) atoms. The highest BCUT2D eigenvalue weighted by molar-refractivity contribution is 7.99. The van der Waals surface area contributed by atoms with Crippen molar-refractivity contribution in [2.45, 2.75) is 18.7 Å². The van der Waals surface area contributed by atoms with Gasteiger partial charge in [0, 0.05) is 11.4 Å². The summed E-state index contributed by atoms with van der Waals surface area (Å²) in [4.78, 5) is 27.0. The number of thiophene rings is 1. The predicted octanol–water partition coefficient (Wildman–Crippen LogP) is 2.65. The van der Waals surface area contributed by atoms with Gasteiger partial charge in [-0.05, 0) is 30.5 Å². The first-order chi connectivity index (χ1) is 13.2. The molecule has 3 rings (SSSR count). The van der Waals surface area contributed by atoms with Gasteiger partial charge in [0.2, 0.25) is 11.8 Å². The van der Waals surface area contributed by atoms with E-state index >= 15 is 0 Å². The number of hydrogen-bond donors (Lipinski definition) is 1. The van der Waals surface area contributed by atoms with E-state index in [0.29, 0.717) is 18.8 Å². The van der Waals surface area contributed by atoms with E-state index in [-0.39, 0.29) is 35.2 Å². The molecule has 0 atom stereocenters. The van der Waals surface area contributed by atoms with Gasteiger partial charge in [0.25, 0.3) is 11.1 Å². The van der Waals surface area contributed by atoms with Crippen molar-refractivity contribution < 1.29 is 18.4 Å². The summed E-state index contributed by atoms with van der Waals surface area (Å²) in [6.07, 6.45) is 1.51. The fraction of sp³-hybridized carbons (Fsp3) is 0.294. The minimum atomic E-state index is -0.193. The van der Waals surface area contributed by atoms with E-state index in [1.807, 2.05) is 24.4 Å². The molecule has 3 aromatic rings. The second-order valence-electron chi connectivity index (χ2n) is 5.40. The zero-order chi connectivity index (χ0) is 19.1. The van der Waals surface area contributed by atoms with Crippen LogP contribution in [0.2, 0.25) is 0 Å². The van der Waals surface area contributed by atoms with Crippen LogP contribution in [0.25, 0.3) is 11.7 Å². The van der Waals surface area contributed by atoms with E-state index in [1.54, 1.807) is 23.5 Å². The average molecular weight is 406 g/mol. The summed E-state index contributed by atoms with van der Waals surface area (Å²) in [5, 5.41) is 12.8. The second-order valence-corrected chi connectivity index (χ2v) is 7.36. The number of furan rings is 1. The summed E-state index contributed by atoms with van der Waals surface area (Å²) >= 11 is 2.70. The highest BCUT2D eigenvalue weighted by Gasteiger charge is 2.18. The molecule has 0 spiro atoms. The van der Waals surface area contributed by atoms with Crippen LogP contribution in [0.1, 0.15) is 11.8 Å². The number of amides is 2. The van der Waals surface area contributed by atoms with Gasteiger partial charge in [-0.3, -0.25) is 9.59 Å². The van der Waals surface area contributed by atoms with E-state index in [0.717, 1.165) is 16.6 Å². The van der Waals surface area contributed by atoms with E-state index in [4.69, 9.17) is 8.83 Å². The minimum absolute atomic E-state index is 0.0166. The van der Waals surface area contributed by atoms with Crippen molar-refractivity contribution in [3.63, 3.8) is 0 Å². The van der Waals surface area contributed by atoms with Crippen LogP contribution in [-0.2, 0) is 16.1 Å². The van der Waals surface area contributed by atoms with Crippen molar-refractivity contribution in [1.29, 1.82) is 0 Å². The van der Waals surface area contributed by atoms with Crippen LogP contribution in [0.3, 0.4) is 0 Å². The lowest BCUT2D eigenvalue weighted by atomic mass is 10.4. The fourth-order valence-corrected chi connectivity index (χ4v) is 3.50. The number of aromatic nitrogens is 2. The summed E-state index contributed by atoms with van der Waals surface area (Å²) in [5.74, 6) is 0.466. The molecule has 3 aromatic heterocycles. The number of thioether (sulfide) groups is 1. The fourth-order valence-electron chi connectivity index (χ4n) is 2.19. The normalized spacial score (nSPS) is 10.7. The quantitative estimate of drug-likeness (QED) is 0.545. The lowest BCUT2D eigenvalue weighted by Gasteiger charge is -2.19. The molecule has 0 aromatic carbocycles. The third-order valence-corrected chi connectivity index (χ3v) is 5.25.